The highest BCUT2D eigenvalue weighted by atomic mass is 32.1. The second-order valence-corrected chi connectivity index (χ2v) is 4.45. The predicted molar refractivity (Wildman–Crippen MR) is 52.8 cm³/mol. The maximum atomic E-state index is 11.5. The number of rotatable bonds is 2. The van der Waals surface area contributed by atoms with Gasteiger partial charge in [0.2, 0.25) is 5.91 Å². The molecule has 0 aromatic carbocycles. The molecule has 1 amide bonds. The molecule has 1 aliphatic rings. The van der Waals surface area contributed by atoms with Gasteiger partial charge in [-0.05, 0) is 36.9 Å². The minimum absolute atomic E-state index is 0.149. The topological polar surface area (TPSA) is 42.0 Å². The zero-order valence-electron chi connectivity index (χ0n) is 7.70. The van der Waals surface area contributed by atoms with E-state index in [-0.39, 0.29) is 11.8 Å². The molecule has 2 atom stereocenters. The molecule has 4 heteroatoms. The fourth-order valence-corrected chi connectivity index (χ4v) is 1.99. The van der Waals surface area contributed by atoms with Crippen LogP contribution in [0.1, 0.15) is 19.0 Å². The fourth-order valence-electron chi connectivity index (χ4n) is 1.32. The number of nitrogens with zero attached hydrogens (tertiary/aromatic N) is 1. The maximum Gasteiger partial charge on any atom is 0.228 e. The standard InChI is InChI=1S/C9H12N2OS/c1-5-3-7(5)9(12)10-8-4-6(2)11-13-8/h4-5,7H,3H2,1-2H3,(H,10,12)/t5-,7-/m1/s1. The molecule has 1 aromatic heterocycles. The van der Waals surface area contributed by atoms with Crippen molar-refractivity contribution < 1.29 is 4.79 Å². The fraction of sp³-hybridized carbons (Fsp3) is 0.556. The summed E-state index contributed by atoms with van der Waals surface area (Å²) in [5, 5.41) is 3.73. The average Bonchev–Trinajstić information content (AvgIpc) is 2.66. The normalized spacial score (nSPS) is 25.7. The van der Waals surface area contributed by atoms with E-state index in [9.17, 15) is 4.79 Å². The van der Waals surface area contributed by atoms with Crippen LogP contribution in [0.25, 0.3) is 0 Å². The number of nitrogens with one attached hydrogen (secondary N) is 1. The van der Waals surface area contributed by atoms with Gasteiger partial charge < -0.3 is 5.32 Å². The van der Waals surface area contributed by atoms with E-state index in [0.29, 0.717) is 5.92 Å². The molecule has 0 bridgehead atoms. The number of amides is 1. The lowest BCUT2D eigenvalue weighted by atomic mass is 10.3. The van der Waals surface area contributed by atoms with Gasteiger partial charge in [-0.1, -0.05) is 6.92 Å². The van der Waals surface area contributed by atoms with Gasteiger partial charge in [0.1, 0.15) is 5.00 Å². The molecule has 0 saturated heterocycles. The first kappa shape index (κ1) is 8.69. The van der Waals surface area contributed by atoms with Gasteiger partial charge >= 0.3 is 0 Å². The minimum atomic E-state index is 0.149. The molecule has 0 radical (unpaired) electrons. The van der Waals surface area contributed by atoms with Crippen LogP contribution in [0.3, 0.4) is 0 Å². The van der Waals surface area contributed by atoms with Crippen LogP contribution in [0.15, 0.2) is 6.07 Å². The van der Waals surface area contributed by atoms with Crippen LogP contribution in [0.5, 0.6) is 0 Å². The number of anilines is 1. The van der Waals surface area contributed by atoms with Gasteiger partial charge in [-0.2, -0.15) is 4.37 Å². The van der Waals surface area contributed by atoms with E-state index >= 15 is 0 Å². The summed E-state index contributed by atoms with van der Waals surface area (Å²) >= 11 is 1.34. The van der Waals surface area contributed by atoms with Crippen LogP contribution < -0.4 is 5.32 Å². The molecule has 0 aliphatic heterocycles. The third-order valence-electron chi connectivity index (χ3n) is 2.32. The van der Waals surface area contributed by atoms with E-state index in [4.69, 9.17) is 0 Å². The second kappa shape index (κ2) is 3.10. The number of aryl methyl sites for hydroxylation is 1. The van der Waals surface area contributed by atoms with Gasteiger partial charge in [0.05, 0.1) is 5.69 Å². The highest BCUT2D eigenvalue weighted by molar-refractivity contribution is 7.10. The summed E-state index contributed by atoms with van der Waals surface area (Å²) in [6.07, 6.45) is 1.03. The molecule has 70 valence electrons. The molecule has 1 fully saturated rings. The highest BCUT2D eigenvalue weighted by Crippen LogP contribution is 2.38. The van der Waals surface area contributed by atoms with Crippen molar-refractivity contribution in [3.8, 4) is 0 Å². The lowest BCUT2D eigenvalue weighted by Gasteiger charge is -1.98. The number of aromatic nitrogens is 1. The Morgan fingerprint density at radius 2 is 2.46 bits per heavy atom. The molecule has 2 rings (SSSR count). The summed E-state index contributed by atoms with van der Waals surface area (Å²) in [6, 6.07) is 1.90. The molecular formula is C9H12N2OS. The summed E-state index contributed by atoms with van der Waals surface area (Å²) in [5.41, 5.74) is 0.962. The second-order valence-electron chi connectivity index (χ2n) is 3.64. The van der Waals surface area contributed by atoms with Gasteiger partial charge in [0.15, 0.2) is 0 Å². The van der Waals surface area contributed by atoms with Crippen molar-refractivity contribution in [3.05, 3.63) is 11.8 Å². The first-order valence-corrected chi connectivity index (χ1v) is 5.18. The molecular weight excluding hydrogens is 184 g/mol. The highest BCUT2D eigenvalue weighted by Gasteiger charge is 2.39. The Bertz CT molecular complexity index is 334. The zero-order valence-corrected chi connectivity index (χ0v) is 8.52. The molecule has 1 saturated carbocycles. The van der Waals surface area contributed by atoms with E-state index < -0.39 is 0 Å². The number of carbonyl (C=O) groups is 1. The third-order valence-corrected chi connectivity index (χ3v) is 3.12. The quantitative estimate of drug-likeness (QED) is 0.786. The summed E-state index contributed by atoms with van der Waals surface area (Å²) in [4.78, 5) is 11.5. The lowest BCUT2D eigenvalue weighted by Crippen LogP contribution is -2.13. The first-order valence-electron chi connectivity index (χ1n) is 4.41. The Kier molecular flexibility index (Phi) is 2.07. The summed E-state index contributed by atoms with van der Waals surface area (Å²) in [5.74, 6) is 0.951. The summed E-state index contributed by atoms with van der Waals surface area (Å²) in [7, 11) is 0. The first-order chi connectivity index (χ1) is 6.16. The molecule has 1 aromatic rings. The average molecular weight is 196 g/mol. The van der Waals surface area contributed by atoms with Crippen LogP contribution in [0.2, 0.25) is 0 Å². The summed E-state index contributed by atoms with van der Waals surface area (Å²) < 4.78 is 4.10. The third kappa shape index (κ3) is 1.88. The summed E-state index contributed by atoms with van der Waals surface area (Å²) in [6.45, 7) is 4.02. The van der Waals surface area contributed by atoms with Crippen molar-refractivity contribution >= 4 is 22.4 Å². The SMILES string of the molecule is Cc1cc(NC(=O)[C@@H]2C[C@H]2C)sn1. The van der Waals surface area contributed by atoms with E-state index in [1.165, 1.54) is 11.5 Å². The molecule has 0 unspecified atom stereocenters. The molecule has 1 heterocycles. The van der Waals surface area contributed by atoms with Crippen molar-refractivity contribution in [1.82, 2.24) is 4.37 Å². The number of hydrogen-bond donors (Lipinski definition) is 1. The minimum Gasteiger partial charge on any atom is -0.316 e. The van der Waals surface area contributed by atoms with Gasteiger partial charge in [-0.25, -0.2) is 0 Å². The smallest absolute Gasteiger partial charge is 0.228 e. The van der Waals surface area contributed by atoms with Crippen molar-refractivity contribution in [1.29, 1.82) is 0 Å². The van der Waals surface area contributed by atoms with Gasteiger partial charge in [-0.3, -0.25) is 4.79 Å². The Morgan fingerprint density at radius 3 is 2.92 bits per heavy atom. The van der Waals surface area contributed by atoms with Crippen molar-refractivity contribution in [2.75, 3.05) is 5.32 Å². The van der Waals surface area contributed by atoms with Gasteiger partial charge in [-0.15, -0.1) is 0 Å². The van der Waals surface area contributed by atoms with Crippen LogP contribution in [-0.4, -0.2) is 10.3 Å². The van der Waals surface area contributed by atoms with Crippen LogP contribution >= 0.6 is 11.5 Å². The number of carbonyl (C=O) groups excluding carboxylic acids is 1. The molecule has 0 spiro atoms. The molecule has 3 nitrogen and oxygen atoms in total. The Balaban J connectivity index is 1.95. The van der Waals surface area contributed by atoms with Crippen LogP contribution in [-0.2, 0) is 4.79 Å². The Morgan fingerprint density at radius 1 is 1.77 bits per heavy atom. The van der Waals surface area contributed by atoms with E-state index in [1.807, 2.05) is 13.0 Å². The number of hydrogen-bond acceptors (Lipinski definition) is 3. The largest absolute Gasteiger partial charge is 0.316 e. The monoisotopic (exact) mass is 196 g/mol. The Hall–Kier alpha value is -0.900. The Labute approximate surface area is 81.3 Å². The van der Waals surface area contributed by atoms with Crippen molar-refractivity contribution in [3.63, 3.8) is 0 Å². The van der Waals surface area contributed by atoms with E-state index in [0.717, 1.165) is 17.1 Å². The van der Waals surface area contributed by atoms with E-state index in [1.54, 1.807) is 0 Å². The maximum absolute atomic E-state index is 11.5. The lowest BCUT2D eigenvalue weighted by molar-refractivity contribution is -0.117. The van der Waals surface area contributed by atoms with Crippen LogP contribution in [0, 0.1) is 18.8 Å². The van der Waals surface area contributed by atoms with Crippen molar-refractivity contribution in [2.45, 2.75) is 20.3 Å². The molecule has 1 N–H and O–H groups in total. The van der Waals surface area contributed by atoms with Crippen molar-refractivity contribution in [2.24, 2.45) is 11.8 Å². The van der Waals surface area contributed by atoms with E-state index in [2.05, 4.69) is 16.6 Å². The molecule has 1 aliphatic carbocycles. The van der Waals surface area contributed by atoms with Crippen LogP contribution in [0.4, 0.5) is 5.00 Å². The van der Waals surface area contributed by atoms with Gasteiger partial charge in [0, 0.05) is 5.92 Å². The molecule has 13 heavy (non-hydrogen) atoms. The van der Waals surface area contributed by atoms with Gasteiger partial charge in [0.25, 0.3) is 0 Å². The predicted octanol–water partition coefficient (Wildman–Crippen LogP) is 2.05. The zero-order chi connectivity index (χ0) is 9.42.